The number of aliphatic hydroxyl groups excluding tert-OH is 1. The van der Waals surface area contributed by atoms with Crippen LogP contribution in [0.4, 0.5) is 10.5 Å². The van der Waals surface area contributed by atoms with Crippen LogP contribution in [0, 0.1) is 5.92 Å². The Morgan fingerprint density at radius 2 is 2.00 bits per heavy atom. The molecule has 1 fully saturated rings. The summed E-state index contributed by atoms with van der Waals surface area (Å²) in [5.74, 6) is -0.470. The highest BCUT2D eigenvalue weighted by atomic mass is 16.4. The Hall–Kier alpha value is -2.08. The van der Waals surface area contributed by atoms with Crippen molar-refractivity contribution in [1.29, 1.82) is 0 Å². The van der Waals surface area contributed by atoms with Gasteiger partial charge < -0.3 is 15.5 Å². The first kappa shape index (κ1) is 15.3. The van der Waals surface area contributed by atoms with Gasteiger partial charge in [-0.15, -0.1) is 0 Å². The second-order valence-corrected chi connectivity index (χ2v) is 5.19. The highest BCUT2D eigenvalue weighted by Gasteiger charge is 2.37. The molecule has 0 aromatic heterocycles. The van der Waals surface area contributed by atoms with Crippen LogP contribution in [0.1, 0.15) is 30.1 Å². The first-order valence-electron chi connectivity index (χ1n) is 7.09. The molecule has 3 N–H and O–H groups in total. The van der Waals surface area contributed by atoms with Crippen molar-refractivity contribution in [3.8, 4) is 0 Å². The Bertz CT molecular complexity index is 515. The monoisotopic (exact) mass is 292 g/mol. The van der Waals surface area contributed by atoms with E-state index in [0.29, 0.717) is 11.6 Å². The largest absolute Gasteiger partial charge is 0.478 e. The number of carbonyl (C=O) groups is 2. The van der Waals surface area contributed by atoms with Gasteiger partial charge in [0.25, 0.3) is 0 Å². The van der Waals surface area contributed by atoms with Crippen LogP contribution in [0.3, 0.4) is 0 Å². The summed E-state index contributed by atoms with van der Waals surface area (Å²) < 4.78 is 0. The maximum Gasteiger partial charge on any atom is 0.335 e. The average molecular weight is 292 g/mol. The molecule has 0 bridgehead atoms. The average Bonchev–Trinajstić information content (AvgIpc) is 3.23. The van der Waals surface area contributed by atoms with Gasteiger partial charge in [-0.25, -0.2) is 9.59 Å². The van der Waals surface area contributed by atoms with E-state index in [-0.39, 0.29) is 30.8 Å². The number of aliphatic hydroxyl groups is 1. The number of nitrogens with zero attached hydrogens (tertiary/aromatic N) is 1. The standard InChI is InChI=1S/C15H20N2O4/c1-2-10-9-13(10)16-15(21)17(7-8-18)12-5-3-11(4-6-12)14(19)20/h3-6,10,13,18H,2,7-9H2,1H3,(H,16,21)(H,19,20). The molecule has 0 radical (unpaired) electrons. The first-order valence-corrected chi connectivity index (χ1v) is 7.09. The van der Waals surface area contributed by atoms with E-state index in [1.165, 1.54) is 17.0 Å². The van der Waals surface area contributed by atoms with Crippen LogP contribution in [-0.2, 0) is 0 Å². The molecule has 0 saturated heterocycles. The van der Waals surface area contributed by atoms with Crippen LogP contribution >= 0.6 is 0 Å². The van der Waals surface area contributed by atoms with Gasteiger partial charge in [0.15, 0.2) is 0 Å². The van der Waals surface area contributed by atoms with E-state index >= 15 is 0 Å². The Kier molecular flexibility index (Phi) is 4.80. The van der Waals surface area contributed by atoms with E-state index in [1.54, 1.807) is 12.1 Å². The number of rotatable bonds is 6. The van der Waals surface area contributed by atoms with Gasteiger partial charge in [-0.3, -0.25) is 4.90 Å². The molecule has 2 unspecified atom stereocenters. The normalized spacial score (nSPS) is 19.9. The molecule has 2 amide bonds. The molecule has 1 aromatic rings. The van der Waals surface area contributed by atoms with Crippen molar-refractivity contribution >= 4 is 17.7 Å². The fourth-order valence-corrected chi connectivity index (χ4v) is 2.34. The van der Waals surface area contributed by atoms with Crippen molar-refractivity contribution in [2.75, 3.05) is 18.1 Å². The number of urea groups is 1. The lowest BCUT2D eigenvalue weighted by Gasteiger charge is -2.22. The van der Waals surface area contributed by atoms with Crippen molar-refractivity contribution in [2.45, 2.75) is 25.8 Å². The van der Waals surface area contributed by atoms with Crippen LogP contribution in [0.5, 0.6) is 0 Å². The summed E-state index contributed by atoms with van der Waals surface area (Å²) in [4.78, 5) is 24.5. The van der Waals surface area contributed by atoms with Gasteiger partial charge in [0, 0.05) is 11.7 Å². The summed E-state index contributed by atoms with van der Waals surface area (Å²) >= 11 is 0. The molecule has 0 heterocycles. The SMILES string of the molecule is CCC1CC1NC(=O)N(CCO)c1ccc(C(=O)O)cc1. The summed E-state index contributed by atoms with van der Waals surface area (Å²) in [6.45, 7) is 2.10. The van der Waals surface area contributed by atoms with Crippen molar-refractivity contribution < 1.29 is 19.8 Å². The van der Waals surface area contributed by atoms with Crippen molar-refractivity contribution in [1.82, 2.24) is 5.32 Å². The molecular formula is C15H20N2O4. The number of carboxylic acid groups (broad SMARTS) is 1. The maximum atomic E-state index is 12.3. The number of carboxylic acids is 1. The van der Waals surface area contributed by atoms with Crippen LogP contribution in [0.2, 0.25) is 0 Å². The molecule has 0 aliphatic heterocycles. The molecule has 0 spiro atoms. The van der Waals surface area contributed by atoms with Crippen molar-refractivity contribution in [2.24, 2.45) is 5.92 Å². The Morgan fingerprint density at radius 3 is 2.48 bits per heavy atom. The molecule has 1 aliphatic carbocycles. The van der Waals surface area contributed by atoms with E-state index < -0.39 is 5.97 Å². The summed E-state index contributed by atoms with van der Waals surface area (Å²) in [6.07, 6.45) is 2.03. The summed E-state index contributed by atoms with van der Waals surface area (Å²) in [7, 11) is 0. The van der Waals surface area contributed by atoms with E-state index in [1.807, 2.05) is 0 Å². The number of nitrogens with one attached hydrogen (secondary N) is 1. The zero-order chi connectivity index (χ0) is 15.4. The molecule has 114 valence electrons. The molecular weight excluding hydrogens is 272 g/mol. The molecule has 6 nitrogen and oxygen atoms in total. The molecule has 2 atom stereocenters. The van der Waals surface area contributed by atoms with Gasteiger partial charge >= 0.3 is 12.0 Å². The lowest BCUT2D eigenvalue weighted by Crippen LogP contribution is -2.43. The maximum absolute atomic E-state index is 12.3. The molecule has 2 rings (SSSR count). The lowest BCUT2D eigenvalue weighted by molar-refractivity contribution is 0.0697. The second kappa shape index (κ2) is 6.58. The number of benzene rings is 1. The minimum atomic E-state index is -1.01. The third kappa shape index (κ3) is 3.72. The number of amides is 2. The van der Waals surface area contributed by atoms with Gasteiger partial charge in [-0.1, -0.05) is 13.3 Å². The number of hydrogen-bond acceptors (Lipinski definition) is 3. The topological polar surface area (TPSA) is 89.9 Å². The lowest BCUT2D eigenvalue weighted by atomic mass is 10.2. The van der Waals surface area contributed by atoms with Gasteiger partial charge in [0.05, 0.1) is 18.7 Å². The molecule has 1 aromatic carbocycles. The van der Waals surface area contributed by atoms with E-state index in [9.17, 15) is 9.59 Å². The van der Waals surface area contributed by atoms with Crippen molar-refractivity contribution in [3.05, 3.63) is 29.8 Å². The van der Waals surface area contributed by atoms with Gasteiger partial charge in [-0.2, -0.15) is 0 Å². The van der Waals surface area contributed by atoms with Gasteiger partial charge in [0.2, 0.25) is 0 Å². The van der Waals surface area contributed by atoms with Crippen LogP contribution in [-0.4, -0.2) is 41.4 Å². The van der Waals surface area contributed by atoms with Crippen LogP contribution < -0.4 is 10.2 Å². The van der Waals surface area contributed by atoms with E-state index in [0.717, 1.165) is 12.8 Å². The summed E-state index contributed by atoms with van der Waals surface area (Å²) in [5, 5.41) is 20.9. The van der Waals surface area contributed by atoms with Crippen LogP contribution in [0.25, 0.3) is 0 Å². The fourth-order valence-electron chi connectivity index (χ4n) is 2.34. The predicted molar refractivity (Wildman–Crippen MR) is 78.6 cm³/mol. The van der Waals surface area contributed by atoms with Gasteiger partial charge in [0.1, 0.15) is 0 Å². The Labute approximate surface area is 123 Å². The minimum absolute atomic E-state index is 0.157. The quantitative estimate of drug-likeness (QED) is 0.744. The number of carbonyl (C=O) groups excluding carboxylic acids is 1. The highest BCUT2D eigenvalue weighted by molar-refractivity contribution is 5.93. The second-order valence-electron chi connectivity index (χ2n) is 5.19. The van der Waals surface area contributed by atoms with Crippen molar-refractivity contribution in [3.63, 3.8) is 0 Å². The fraction of sp³-hybridized carbons (Fsp3) is 0.467. The van der Waals surface area contributed by atoms with Gasteiger partial charge in [-0.05, 0) is 36.6 Å². The summed E-state index contributed by atoms with van der Waals surface area (Å²) in [5.41, 5.74) is 0.733. The van der Waals surface area contributed by atoms with E-state index in [4.69, 9.17) is 10.2 Å². The minimum Gasteiger partial charge on any atom is -0.478 e. The first-order chi connectivity index (χ1) is 10.1. The molecule has 1 aliphatic rings. The number of hydrogen-bond donors (Lipinski definition) is 3. The third-order valence-electron chi connectivity index (χ3n) is 3.75. The predicted octanol–water partition coefficient (Wildman–Crippen LogP) is 1.69. The Balaban J connectivity index is 2.06. The van der Waals surface area contributed by atoms with Crippen LogP contribution in [0.15, 0.2) is 24.3 Å². The Morgan fingerprint density at radius 1 is 1.33 bits per heavy atom. The number of anilines is 1. The molecule has 1 saturated carbocycles. The zero-order valence-corrected chi connectivity index (χ0v) is 12.0. The molecule has 21 heavy (non-hydrogen) atoms. The summed E-state index contributed by atoms with van der Waals surface area (Å²) in [6, 6.07) is 5.99. The molecule has 6 heteroatoms. The zero-order valence-electron chi connectivity index (χ0n) is 12.0. The van der Waals surface area contributed by atoms with E-state index in [2.05, 4.69) is 12.2 Å². The third-order valence-corrected chi connectivity index (χ3v) is 3.75. The highest BCUT2D eigenvalue weighted by Crippen LogP contribution is 2.33. The smallest absolute Gasteiger partial charge is 0.335 e. The number of aromatic carboxylic acids is 1.